The number of primary amides is 1. The number of carboxylic acid groups (broad SMARTS) is 1. The lowest BCUT2D eigenvalue weighted by Crippen LogP contribution is -2.38. The molecule has 1 aromatic heterocycles. The number of imidazole rings is 1. The minimum Gasteiger partial charge on any atom is -0.475 e. The number of amides is 1. The lowest BCUT2D eigenvalue weighted by atomic mass is 9.95. The third-order valence-electron chi connectivity index (χ3n) is 6.48. The molecule has 0 radical (unpaired) electrons. The molecule has 0 aliphatic carbocycles. The summed E-state index contributed by atoms with van der Waals surface area (Å²) in [6, 6.07) is 21.3. The van der Waals surface area contributed by atoms with Crippen molar-refractivity contribution in [2.45, 2.75) is 25.6 Å². The number of likely N-dealkylation sites (tertiary alicyclic amines) is 1. The van der Waals surface area contributed by atoms with E-state index in [-0.39, 0.29) is 17.6 Å². The molecule has 1 aliphatic rings. The van der Waals surface area contributed by atoms with Crippen molar-refractivity contribution < 1.29 is 32.3 Å². The molecule has 0 unspecified atom stereocenters. The lowest BCUT2D eigenvalue weighted by Gasteiger charge is -2.30. The van der Waals surface area contributed by atoms with Crippen molar-refractivity contribution in [2.24, 2.45) is 11.7 Å². The highest BCUT2D eigenvalue weighted by atomic mass is 19.4. The number of benzene rings is 3. The van der Waals surface area contributed by atoms with Crippen molar-refractivity contribution in [2.75, 3.05) is 13.1 Å². The summed E-state index contributed by atoms with van der Waals surface area (Å²) < 4.78 is 45.3. The van der Waals surface area contributed by atoms with Crippen molar-refractivity contribution in [3.63, 3.8) is 0 Å². The number of fused-ring (bicyclic) bond motifs is 1. The Kier molecular flexibility index (Phi) is 8.29. The van der Waals surface area contributed by atoms with Gasteiger partial charge < -0.3 is 15.8 Å². The molecule has 1 amide bonds. The van der Waals surface area contributed by atoms with Crippen molar-refractivity contribution >= 4 is 22.9 Å². The number of halogens is 4. The topological polar surface area (TPSA) is 112 Å². The van der Waals surface area contributed by atoms with Gasteiger partial charge in [-0.05, 0) is 73.0 Å². The fourth-order valence-corrected chi connectivity index (χ4v) is 4.45. The van der Waals surface area contributed by atoms with Crippen LogP contribution >= 0.6 is 0 Å². The predicted molar refractivity (Wildman–Crippen MR) is 138 cm³/mol. The molecule has 0 spiro atoms. The zero-order chi connectivity index (χ0) is 28.2. The average molecular weight is 543 g/mol. The second kappa shape index (κ2) is 11.6. The van der Waals surface area contributed by atoms with Crippen LogP contribution in [0.3, 0.4) is 0 Å². The average Bonchev–Trinajstić information content (AvgIpc) is 3.32. The third-order valence-corrected chi connectivity index (χ3v) is 6.48. The fraction of sp³-hybridized carbons (Fsp3) is 0.250. The van der Waals surface area contributed by atoms with Crippen LogP contribution in [0.15, 0.2) is 66.7 Å². The monoisotopic (exact) mass is 542 g/mol. The molecular formula is C28H26F4N4O3. The first kappa shape index (κ1) is 27.8. The molecule has 5 rings (SSSR count). The van der Waals surface area contributed by atoms with E-state index in [1.54, 1.807) is 6.07 Å². The van der Waals surface area contributed by atoms with Gasteiger partial charge in [0.25, 0.3) is 0 Å². The Morgan fingerprint density at radius 2 is 1.59 bits per heavy atom. The van der Waals surface area contributed by atoms with E-state index in [0.717, 1.165) is 60.5 Å². The number of aliphatic carboxylic acids is 1. The number of rotatable bonds is 5. The van der Waals surface area contributed by atoms with Gasteiger partial charge >= 0.3 is 12.1 Å². The summed E-state index contributed by atoms with van der Waals surface area (Å²) in [5.74, 6) is -2.48. The summed E-state index contributed by atoms with van der Waals surface area (Å²) in [6.07, 6.45) is -3.42. The van der Waals surface area contributed by atoms with E-state index in [9.17, 15) is 22.4 Å². The van der Waals surface area contributed by atoms with Gasteiger partial charge in [-0.2, -0.15) is 13.2 Å². The van der Waals surface area contributed by atoms with E-state index in [1.807, 2.05) is 12.1 Å². The number of alkyl halides is 3. The quantitative estimate of drug-likeness (QED) is 0.294. The Morgan fingerprint density at radius 1 is 0.974 bits per heavy atom. The van der Waals surface area contributed by atoms with Crippen LogP contribution in [0.2, 0.25) is 0 Å². The molecule has 204 valence electrons. The Balaban J connectivity index is 0.000000448. The molecule has 7 nitrogen and oxygen atoms in total. The molecule has 4 N–H and O–H groups in total. The van der Waals surface area contributed by atoms with Gasteiger partial charge in [0.1, 0.15) is 11.6 Å². The van der Waals surface area contributed by atoms with Crippen LogP contribution < -0.4 is 5.73 Å². The second-order valence-corrected chi connectivity index (χ2v) is 9.28. The summed E-state index contributed by atoms with van der Waals surface area (Å²) in [6.45, 7) is 2.63. The molecule has 0 saturated carbocycles. The number of carboxylic acids is 1. The smallest absolute Gasteiger partial charge is 0.475 e. The Morgan fingerprint density at radius 3 is 2.23 bits per heavy atom. The summed E-state index contributed by atoms with van der Waals surface area (Å²) >= 11 is 0. The SMILES string of the molecule is NC(=O)C1CCN(Cc2cccc(-c3cccc(-c4nc5ccc(F)cc5[nH]4)c3)c2)CC1.O=C(O)C(F)(F)F. The highest BCUT2D eigenvalue weighted by Gasteiger charge is 2.38. The number of carbonyl (C=O) groups excluding carboxylic acids is 1. The fourth-order valence-electron chi connectivity index (χ4n) is 4.45. The number of hydrogen-bond donors (Lipinski definition) is 3. The van der Waals surface area contributed by atoms with Crippen molar-refractivity contribution in [1.29, 1.82) is 0 Å². The van der Waals surface area contributed by atoms with E-state index in [0.29, 0.717) is 5.52 Å². The number of piperidine rings is 1. The molecule has 0 atom stereocenters. The van der Waals surface area contributed by atoms with Crippen LogP contribution in [-0.4, -0.2) is 51.1 Å². The zero-order valence-electron chi connectivity index (χ0n) is 20.7. The number of aromatic nitrogens is 2. The standard InChI is InChI=1S/C26H25FN4O.C2HF3O2/c27-22-7-8-23-24(15-22)30-26(29-23)21-6-2-5-20(14-21)19-4-1-3-17(13-19)16-31-11-9-18(10-12-31)25(28)32;3-2(4,5)1(6)7/h1-8,13-15,18H,9-12,16H2,(H2,28,32)(H,29,30);(H,6,7). The summed E-state index contributed by atoms with van der Waals surface area (Å²) in [4.78, 5) is 30.5. The normalized spacial score (nSPS) is 14.6. The number of hydrogen-bond acceptors (Lipinski definition) is 4. The van der Waals surface area contributed by atoms with E-state index >= 15 is 0 Å². The van der Waals surface area contributed by atoms with Crippen LogP contribution in [0, 0.1) is 11.7 Å². The van der Waals surface area contributed by atoms with Crippen LogP contribution in [0.4, 0.5) is 17.6 Å². The van der Waals surface area contributed by atoms with Gasteiger partial charge in [0, 0.05) is 18.0 Å². The zero-order valence-corrected chi connectivity index (χ0v) is 20.7. The predicted octanol–water partition coefficient (Wildman–Crippen LogP) is 5.37. The third kappa shape index (κ3) is 7.20. The summed E-state index contributed by atoms with van der Waals surface area (Å²) in [5, 5.41) is 7.12. The summed E-state index contributed by atoms with van der Waals surface area (Å²) in [7, 11) is 0. The Hall–Kier alpha value is -4.25. The first-order chi connectivity index (χ1) is 18.5. The number of H-pyrrole nitrogens is 1. The number of nitrogens with zero attached hydrogens (tertiary/aromatic N) is 2. The van der Waals surface area contributed by atoms with Crippen molar-refractivity contribution in [1.82, 2.24) is 14.9 Å². The van der Waals surface area contributed by atoms with E-state index in [1.165, 1.54) is 17.7 Å². The van der Waals surface area contributed by atoms with Crippen LogP contribution in [0.25, 0.3) is 33.5 Å². The number of nitrogens with one attached hydrogen (secondary N) is 1. The van der Waals surface area contributed by atoms with Crippen molar-refractivity contribution in [3.05, 3.63) is 78.1 Å². The molecular weight excluding hydrogens is 516 g/mol. The van der Waals surface area contributed by atoms with E-state index < -0.39 is 12.1 Å². The van der Waals surface area contributed by atoms with Gasteiger partial charge in [0.05, 0.1) is 11.0 Å². The van der Waals surface area contributed by atoms with Gasteiger partial charge in [-0.1, -0.05) is 36.4 Å². The maximum atomic E-state index is 13.5. The number of carbonyl (C=O) groups is 2. The highest BCUT2D eigenvalue weighted by Crippen LogP contribution is 2.28. The van der Waals surface area contributed by atoms with Gasteiger partial charge in [0.15, 0.2) is 0 Å². The molecule has 0 bridgehead atoms. The molecule has 2 heterocycles. The van der Waals surface area contributed by atoms with Gasteiger partial charge in [-0.3, -0.25) is 9.69 Å². The molecule has 1 saturated heterocycles. The van der Waals surface area contributed by atoms with Crippen LogP contribution in [0.1, 0.15) is 18.4 Å². The van der Waals surface area contributed by atoms with Gasteiger partial charge in [0.2, 0.25) is 5.91 Å². The molecule has 39 heavy (non-hydrogen) atoms. The minimum atomic E-state index is -5.08. The first-order valence-electron chi connectivity index (χ1n) is 12.2. The first-order valence-corrected chi connectivity index (χ1v) is 12.2. The molecule has 3 aromatic carbocycles. The van der Waals surface area contributed by atoms with Gasteiger partial charge in [-0.15, -0.1) is 0 Å². The Labute approximate surface area is 221 Å². The van der Waals surface area contributed by atoms with Crippen molar-refractivity contribution in [3.8, 4) is 22.5 Å². The summed E-state index contributed by atoms with van der Waals surface area (Å²) in [5.41, 5.74) is 11.3. The maximum absolute atomic E-state index is 13.5. The minimum absolute atomic E-state index is 0.00932. The molecule has 1 aliphatic heterocycles. The van der Waals surface area contributed by atoms with Crippen LogP contribution in [-0.2, 0) is 16.1 Å². The van der Waals surface area contributed by atoms with Gasteiger partial charge in [-0.25, -0.2) is 14.2 Å². The lowest BCUT2D eigenvalue weighted by molar-refractivity contribution is -0.192. The van der Waals surface area contributed by atoms with E-state index in [2.05, 4.69) is 51.3 Å². The maximum Gasteiger partial charge on any atom is 0.490 e. The molecule has 11 heteroatoms. The Bertz CT molecular complexity index is 1480. The molecule has 4 aromatic rings. The van der Waals surface area contributed by atoms with Crippen LogP contribution in [0.5, 0.6) is 0 Å². The number of nitrogens with two attached hydrogens (primary N) is 1. The highest BCUT2D eigenvalue weighted by molar-refractivity contribution is 5.80. The largest absolute Gasteiger partial charge is 0.490 e. The second-order valence-electron chi connectivity index (χ2n) is 9.28. The molecule has 1 fully saturated rings. The number of aromatic amines is 1. The van der Waals surface area contributed by atoms with E-state index in [4.69, 9.17) is 15.6 Å².